The van der Waals surface area contributed by atoms with Crippen LogP contribution in [0.25, 0.3) is 0 Å². The Labute approximate surface area is 117 Å². The molecule has 0 bridgehead atoms. The first-order valence-corrected chi connectivity index (χ1v) is 7.58. The van der Waals surface area contributed by atoms with Crippen molar-refractivity contribution in [2.45, 2.75) is 24.7 Å². The van der Waals surface area contributed by atoms with Crippen LogP contribution in [0.4, 0.5) is 8.78 Å². The molecule has 1 rings (SSSR count). The van der Waals surface area contributed by atoms with E-state index in [1.54, 1.807) is 0 Å². The van der Waals surface area contributed by atoms with E-state index in [1.807, 2.05) is 6.92 Å². The van der Waals surface area contributed by atoms with Gasteiger partial charge in [-0.2, -0.15) is 0 Å². The molecule has 0 aromatic heterocycles. The number of benzene rings is 1. The maximum atomic E-state index is 13.8. The van der Waals surface area contributed by atoms with Gasteiger partial charge in [0.25, 0.3) is 0 Å². The van der Waals surface area contributed by atoms with Crippen LogP contribution in [0.5, 0.6) is 0 Å². The molecule has 110 valence electrons. The smallest absolute Gasteiger partial charge is 0.244 e. The summed E-state index contributed by atoms with van der Waals surface area (Å²) in [5.41, 5.74) is 4.94. The number of halogens is 2. The van der Waals surface area contributed by atoms with Crippen molar-refractivity contribution in [2.75, 3.05) is 13.1 Å². The number of hydrogen-bond acceptors (Lipinski definition) is 3. The van der Waals surface area contributed by atoms with Gasteiger partial charge < -0.3 is 5.73 Å². The van der Waals surface area contributed by atoms with Crippen LogP contribution < -0.4 is 10.5 Å². The SMILES string of the molecule is CCCCNS(=O)(=O)c1c(F)cc(F)cc1C#CCN. The number of hydrogen-bond donors (Lipinski definition) is 2. The summed E-state index contributed by atoms with van der Waals surface area (Å²) in [4.78, 5) is -0.643. The standard InChI is InChI=1S/C13H16F2N2O2S/c1-2-3-7-17-20(18,19)13-10(5-4-6-16)8-11(14)9-12(13)15/h8-9,17H,2-3,6-7,16H2,1H3. The van der Waals surface area contributed by atoms with Gasteiger partial charge in [0.1, 0.15) is 16.5 Å². The summed E-state index contributed by atoms with van der Waals surface area (Å²) in [6.07, 6.45) is 1.40. The third-order valence-electron chi connectivity index (χ3n) is 2.42. The molecule has 0 radical (unpaired) electrons. The zero-order chi connectivity index (χ0) is 15.2. The molecule has 0 amide bonds. The second-order valence-electron chi connectivity index (χ2n) is 4.02. The molecule has 0 spiro atoms. The zero-order valence-corrected chi connectivity index (χ0v) is 11.9. The van der Waals surface area contributed by atoms with Gasteiger partial charge in [0, 0.05) is 12.6 Å². The molecule has 0 atom stereocenters. The highest BCUT2D eigenvalue weighted by molar-refractivity contribution is 7.89. The first-order chi connectivity index (χ1) is 9.42. The van der Waals surface area contributed by atoms with Gasteiger partial charge in [-0.25, -0.2) is 21.9 Å². The lowest BCUT2D eigenvalue weighted by Crippen LogP contribution is -2.26. The van der Waals surface area contributed by atoms with Crippen molar-refractivity contribution in [2.24, 2.45) is 5.73 Å². The molecule has 0 aliphatic carbocycles. The van der Waals surface area contributed by atoms with Crippen LogP contribution in [-0.4, -0.2) is 21.5 Å². The van der Waals surface area contributed by atoms with Gasteiger partial charge in [0.15, 0.2) is 0 Å². The molecule has 1 aromatic carbocycles. The van der Waals surface area contributed by atoms with Crippen LogP contribution in [0.3, 0.4) is 0 Å². The maximum Gasteiger partial charge on any atom is 0.244 e. The monoisotopic (exact) mass is 302 g/mol. The van der Waals surface area contributed by atoms with Gasteiger partial charge in [0.05, 0.1) is 12.1 Å². The number of unbranched alkanes of at least 4 members (excludes halogenated alkanes) is 1. The lowest BCUT2D eigenvalue weighted by atomic mass is 10.2. The molecule has 0 fully saturated rings. The van der Waals surface area contributed by atoms with Crippen molar-refractivity contribution in [3.05, 3.63) is 29.3 Å². The Kier molecular flexibility index (Phi) is 6.07. The molecular weight excluding hydrogens is 286 g/mol. The average molecular weight is 302 g/mol. The largest absolute Gasteiger partial charge is 0.320 e. The Morgan fingerprint density at radius 1 is 1.35 bits per heavy atom. The highest BCUT2D eigenvalue weighted by Gasteiger charge is 2.23. The fraction of sp³-hybridized carbons (Fsp3) is 0.385. The normalized spacial score (nSPS) is 11.0. The molecule has 0 unspecified atom stereocenters. The number of rotatable bonds is 5. The number of nitrogens with one attached hydrogen (secondary N) is 1. The van der Waals surface area contributed by atoms with Gasteiger partial charge in [-0.1, -0.05) is 25.2 Å². The maximum absolute atomic E-state index is 13.8. The van der Waals surface area contributed by atoms with E-state index in [1.165, 1.54) is 0 Å². The summed E-state index contributed by atoms with van der Waals surface area (Å²) >= 11 is 0. The fourth-order valence-corrected chi connectivity index (χ4v) is 2.80. The average Bonchev–Trinajstić information content (AvgIpc) is 2.35. The zero-order valence-electron chi connectivity index (χ0n) is 11.0. The third-order valence-corrected chi connectivity index (χ3v) is 3.96. The van der Waals surface area contributed by atoms with E-state index < -0.39 is 26.6 Å². The Morgan fingerprint density at radius 3 is 2.65 bits per heavy atom. The van der Waals surface area contributed by atoms with Crippen LogP contribution in [0.15, 0.2) is 17.0 Å². The molecular formula is C13H16F2N2O2S. The van der Waals surface area contributed by atoms with Crippen LogP contribution >= 0.6 is 0 Å². The minimum absolute atomic E-state index is 0.0408. The van der Waals surface area contributed by atoms with E-state index in [2.05, 4.69) is 16.6 Å². The minimum atomic E-state index is -4.08. The third kappa shape index (κ3) is 4.27. The molecule has 1 aromatic rings. The summed E-state index contributed by atoms with van der Waals surface area (Å²) in [5, 5.41) is 0. The number of nitrogens with two attached hydrogens (primary N) is 1. The summed E-state index contributed by atoms with van der Waals surface area (Å²) in [7, 11) is -4.08. The lowest BCUT2D eigenvalue weighted by molar-refractivity contribution is 0.541. The molecule has 0 saturated heterocycles. The van der Waals surface area contributed by atoms with E-state index >= 15 is 0 Å². The Hall–Kier alpha value is -1.49. The summed E-state index contributed by atoms with van der Waals surface area (Å²) in [5.74, 6) is 2.70. The fourth-order valence-electron chi connectivity index (χ4n) is 1.53. The molecule has 7 heteroatoms. The Balaban J connectivity index is 3.28. The van der Waals surface area contributed by atoms with Gasteiger partial charge in [0.2, 0.25) is 10.0 Å². The molecule has 3 N–H and O–H groups in total. The minimum Gasteiger partial charge on any atom is -0.320 e. The summed E-state index contributed by atoms with van der Waals surface area (Å²) in [6.45, 7) is 2.03. The van der Waals surface area contributed by atoms with Gasteiger partial charge in [-0.15, -0.1) is 0 Å². The predicted octanol–water partition coefficient (Wildman–Crippen LogP) is 1.35. The van der Waals surface area contributed by atoms with Crippen LogP contribution in [0.2, 0.25) is 0 Å². The Bertz CT molecular complexity index is 634. The van der Waals surface area contributed by atoms with Crippen molar-refractivity contribution in [3.63, 3.8) is 0 Å². The van der Waals surface area contributed by atoms with Crippen molar-refractivity contribution < 1.29 is 17.2 Å². The summed E-state index contributed by atoms with van der Waals surface area (Å²) < 4.78 is 53.3. The van der Waals surface area contributed by atoms with E-state index in [-0.39, 0.29) is 18.7 Å². The van der Waals surface area contributed by atoms with Crippen molar-refractivity contribution in [3.8, 4) is 11.8 Å². The van der Waals surface area contributed by atoms with E-state index in [0.717, 1.165) is 12.5 Å². The quantitative estimate of drug-likeness (QED) is 0.637. The van der Waals surface area contributed by atoms with E-state index in [0.29, 0.717) is 12.5 Å². The van der Waals surface area contributed by atoms with Gasteiger partial charge in [-0.3, -0.25) is 0 Å². The number of sulfonamides is 1. The van der Waals surface area contributed by atoms with Gasteiger partial charge in [-0.05, 0) is 12.5 Å². The second-order valence-corrected chi connectivity index (χ2v) is 5.73. The Morgan fingerprint density at radius 2 is 2.05 bits per heavy atom. The first-order valence-electron chi connectivity index (χ1n) is 6.10. The van der Waals surface area contributed by atoms with E-state index in [9.17, 15) is 17.2 Å². The van der Waals surface area contributed by atoms with E-state index in [4.69, 9.17) is 5.73 Å². The molecule has 0 aliphatic heterocycles. The molecule has 4 nitrogen and oxygen atoms in total. The molecule has 0 aliphatic rings. The molecule has 0 heterocycles. The van der Waals surface area contributed by atoms with Crippen molar-refractivity contribution >= 4 is 10.0 Å². The molecule has 0 saturated carbocycles. The van der Waals surface area contributed by atoms with Crippen LogP contribution in [0.1, 0.15) is 25.3 Å². The van der Waals surface area contributed by atoms with Crippen molar-refractivity contribution in [1.82, 2.24) is 4.72 Å². The van der Waals surface area contributed by atoms with Crippen LogP contribution in [-0.2, 0) is 10.0 Å². The topological polar surface area (TPSA) is 72.2 Å². The molecule has 20 heavy (non-hydrogen) atoms. The van der Waals surface area contributed by atoms with Gasteiger partial charge >= 0.3 is 0 Å². The summed E-state index contributed by atoms with van der Waals surface area (Å²) in [6, 6.07) is 1.39. The highest BCUT2D eigenvalue weighted by Crippen LogP contribution is 2.20. The predicted molar refractivity (Wildman–Crippen MR) is 72.4 cm³/mol. The lowest BCUT2D eigenvalue weighted by Gasteiger charge is -2.09. The van der Waals surface area contributed by atoms with Crippen molar-refractivity contribution in [1.29, 1.82) is 0 Å². The second kappa shape index (κ2) is 7.33. The first kappa shape index (κ1) is 16.6. The highest BCUT2D eigenvalue weighted by atomic mass is 32.2. The van der Waals surface area contributed by atoms with Crippen LogP contribution in [0, 0.1) is 23.5 Å².